The second kappa shape index (κ2) is 5.78. The number of nitrogens with zero attached hydrogens (tertiary/aromatic N) is 1. The van der Waals surface area contributed by atoms with E-state index in [9.17, 15) is 0 Å². The minimum atomic E-state index is 0.364. The predicted octanol–water partition coefficient (Wildman–Crippen LogP) is 4.26. The lowest BCUT2D eigenvalue weighted by Crippen LogP contribution is -2.05. The van der Waals surface area contributed by atoms with Crippen LogP contribution in [0.1, 0.15) is 16.8 Å². The van der Waals surface area contributed by atoms with Gasteiger partial charge in [-0.25, -0.2) is 4.98 Å². The van der Waals surface area contributed by atoms with E-state index in [-0.39, 0.29) is 0 Å². The van der Waals surface area contributed by atoms with Crippen LogP contribution in [0, 0.1) is 13.8 Å². The number of pyridine rings is 1. The number of hydrogen-bond donors (Lipinski definition) is 1. The summed E-state index contributed by atoms with van der Waals surface area (Å²) in [6.45, 7) is 4.25. The Bertz CT molecular complexity index is 594. The normalized spacial score (nSPS) is 10.6. The molecule has 0 amide bonds. The van der Waals surface area contributed by atoms with Gasteiger partial charge in [0.1, 0.15) is 5.75 Å². The standard InChI is InChI=1S/C14H14Cl2N2O/c1-8-3-9(2)18-14(13(8)7-17)19-12-5-10(15)4-11(16)6-12/h3-6H,7,17H2,1-2H3. The SMILES string of the molecule is Cc1cc(C)c(CN)c(Oc2cc(Cl)cc(Cl)c2)n1. The Hall–Kier alpha value is -1.29. The van der Waals surface area contributed by atoms with Crippen LogP contribution in [-0.2, 0) is 6.54 Å². The van der Waals surface area contributed by atoms with E-state index in [1.54, 1.807) is 18.2 Å². The van der Waals surface area contributed by atoms with Crippen molar-refractivity contribution in [3.05, 3.63) is 51.1 Å². The quantitative estimate of drug-likeness (QED) is 0.921. The van der Waals surface area contributed by atoms with Crippen LogP contribution in [0.4, 0.5) is 0 Å². The number of aromatic nitrogens is 1. The van der Waals surface area contributed by atoms with Gasteiger partial charge in [-0.2, -0.15) is 0 Å². The molecule has 0 unspecified atom stereocenters. The molecular formula is C14H14Cl2N2O. The second-order valence-corrected chi connectivity index (χ2v) is 5.15. The van der Waals surface area contributed by atoms with Crippen LogP contribution < -0.4 is 10.5 Å². The fourth-order valence-electron chi connectivity index (χ4n) is 1.86. The minimum Gasteiger partial charge on any atom is -0.439 e. The van der Waals surface area contributed by atoms with E-state index in [2.05, 4.69) is 4.98 Å². The highest BCUT2D eigenvalue weighted by Gasteiger charge is 2.10. The molecule has 1 aromatic heterocycles. The summed E-state index contributed by atoms with van der Waals surface area (Å²) < 4.78 is 5.76. The van der Waals surface area contributed by atoms with Crippen molar-refractivity contribution in [3.8, 4) is 11.6 Å². The van der Waals surface area contributed by atoms with Gasteiger partial charge in [-0.15, -0.1) is 0 Å². The van der Waals surface area contributed by atoms with Gasteiger partial charge in [-0.1, -0.05) is 23.2 Å². The Morgan fingerprint density at radius 1 is 1.11 bits per heavy atom. The molecule has 0 aliphatic rings. The lowest BCUT2D eigenvalue weighted by atomic mass is 10.1. The zero-order valence-electron chi connectivity index (χ0n) is 10.7. The molecule has 0 aliphatic heterocycles. The third-order valence-corrected chi connectivity index (χ3v) is 3.13. The summed E-state index contributed by atoms with van der Waals surface area (Å²) in [4.78, 5) is 4.37. The third-order valence-electron chi connectivity index (χ3n) is 2.69. The van der Waals surface area contributed by atoms with Crippen LogP contribution in [0.5, 0.6) is 11.6 Å². The summed E-state index contributed by atoms with van der Waals surface area (Å²) in [5.41, 5.74) is 8.55. The predicted molar refractivity (Wildman–Crippen MR) is 78.1 cm³/mol. The number of hydrogen-bond acceptors (Lipinski definition) is 3. The first-order valence-electron chi connectivity index (χ1n) is 5.80. The highest BCUT2D eigenvalue weighted by Crippen LogP contribution is 2.30. The molecule has 5 heteroatoms. The van der Waals surface area contributed by atoms with E-state index in [1.165, 1.54) is 0 Å². The Kier molecular flexibility index (Phi) is 4.30. The molecule has 0 saturated heterocycles. The summed E-state index contributed by atoms with van der Waals surface area (Å²) >= 11 is 11.9. The summed E-state index contributed by atoms with van der Waals surface area (Å²) in [7, 11) is 0. The van der Waals surface area contributed by atoms with Crippen molar-refractivity contribution < 1.29 is 4.74 Å². The molecule has 0 aliphatic carbocycles. The largest absolute Gasteiger partial charge is 0.439 e. The number of halogens is 2. The molecule has 1 aromatic carbocycles. The van der Waals surface area contributed by atoms with Crippen molar-refractivity contribution >= 4 is 23.2 Å². The van der Waals surface area contributed by atoms with Gasteiger partial charge in [-0.3, -0.25) is 0 Å². The first-order chi connectivity index (χ1) is 8.99. The topological polar surface area (TPSA) is 48.1 Å². The lowest BCUT2D eigenvalue weighted by molar-refractivity contribution is 0.454. The van der Waals surface area contributed by atoms with Crippen LogP contribution in [-0.4, -0.2) is 4.98 Å². The van der Waals surface area contributed by atoms with Gasteiger partial charge in [0.05, 0.1) is 0 Å². The maximum absolute atomic E-state index is 5.94. The maximum atomic E-state index is 5.94. The van der Waals surface area contributed by atoms with Gasteiger partial charge in [0.15, 0.2) is 0 Å². The highest BCUT2D eigenvalue weighted by atomic mass is 35.5. The van der Waals surface area contributed by atoms with Crippen LogP contribution in [0.25, 0.3) is 0 Å². The Morgan fingerprint density at radius 2 is 1.74 bits per heavy atom. The first kappa shape index (κ1) is 14.1. The monoisotopic (exact) mass is 296 g/mol. The molecule has 0 bridgehead atoms. The molecule has 19 heavy (non-hydrogen) atoms. The fraction of sp³-hybridized carbons (Fsp3) is 0.214. The molecule has 0 radical (unpaired) electrons. The van der Waals surface area contributed by atoms with E-state index in [0.717, 1.165) is 16.8 Å². The van der Waals surface area contributed by atoms with Gasteiger partial charge in [0, 0.05) is 27.8 Å². The van der Waals surface area contributed by atoms with E-state index < -0.39 is 0 Å². The summed E-state index contributed by atoms with van der Waals surface area (Å²) in [5, 5.41) is 1.03. The molecular weight excluding hydrogens is 283 g/mol. The number of ether oxygens (including phenoxy) is 1. The van der Waals surface area contributed by atoms with E-state index in [1.807, 2.05) is 19.9 Å². The van der Waals surface area contributed by atoms with Crippen molar-refractivity contribution in [1.82, 2.24) is 4.98 Å². The van der Waals surface area contributed by atoms with Crippen molar-refractivity contribution in [2.75, 3.05) is 0 Å². The molecule has 0 saturated carbocycles. The number of rotatable bonds is 3. The summed E-state index contributed by atoms with van der Waals surface area (Å²) in [6.07, 6.45) is 0. The average Bonchev–Trinajstić information content (AvgIpc) is 2.26. The summed E-state index contributed by atoms with van der Waals surface area (Å²) in [6, 6.07) is 6.99. The van der Waals surface area contributed by atoms with Gasteiger partial charge < -0.3 is 10.5 Å². The first-order valence-corrected chi connectivity index (χ1v) is 6.56. The molecule has 0 fully saturated rings. The van der Waals surface area contributed by atoms with Crippen molar-refractivity contribution in [3.63, 3.8) is 0 Å². The average molecular weight is 297 g/mol. The Labute approximate surface area is 122 Å². The Morgan fingerprint density at radius 3 is 2.32 bits per heavy atom. The number of benzene rings is 1. The molecule has 1 heterocycles. The number of nitrogens with two attached hydrogens (primary N) is 1. The molecule has 2 rings (SSSR count). The smallest absolute Gasteiger partial charge is 0.224 e. The molecule has 2 aromatic rings. The fourth-order valence-corrected chi connectivity index (χ4v) is 2.37. The van der Waals surface area contributed by atoms with E-state index >= 15 is 0 Å². The maximum Gasteiger partial charge on any atom is 0.224 e. The third kappa shape index (κ3) is 3.38. The molecule has 0 atom stereocenters. The Balaban J connectivity index is 2.42. The minimum absolute atomic E-state index is 0.364. The van der Waals surface area contributed by atoms with Gasteiger partial charge in [0.2, 0.25) is 5.88 Å². The highest BCUT2D eigenvalue weighted by molar-refractivity contribution is 6.34. The van der Waals surface area contributed by atoms with Crippen LogP contribution in [0.15, 0.2) is 24.3 Å². The van der Waals surface area contributed by atoms with E-state index in [0.29, 0.717) is 28.2 Å². The van der Waals surface area contributed by atoms with E-state index in [4.69, 9.17) is 33.7 Å². The lowest BCUT2D eigenvalue weighted by Gasteiger charge is -2.12. The molecule has 100 valence electrons. The van der Waals surface area contributed by atoms with Crippen molar-refractivity contribution in [1.29, 1.82) is 0 Å². The zero-order valence-corrected chi connectivity index (χ0v) is 12.2. The van der Waals surface area contributed by atoms with Crippen LogP contribution >= 0.6 is 23.2 Å². The van der Waals surface area contributed by atoms with Gasteiger partial charge >= 0.3 is 0 Å². The van der Waals surface area contributed by atoms with Crippen molar-refractivity contribution in [2.45, 2.75) is 20.4 Å². The van der Waals surface area contributed by atoms with Crippen LogP contribution in [0.3, 0.4) is 0 Å². The zero-order chi connectivity index (χ0) is 14.0. The molecule has 3 nitrogen and oxygen atoms in total. The molecule has 0 spiro atoms. The second-order valence-electron chi connectivity index (χ2n) is 4.28. The van der Waals surface area contributed by atoms with Gasteiger partial charge in [-0.05, 0) is 43.7 Å². The summed E-state index contributed by atoms with van der Waals surface area (Å²) in [5.74, 6) is 1.04. The molecule has 2 N–H and O–H groups in total. The number of aryl methyl sites for hydroxylation is 2. The van der Waals surface area contributed by atoms with Crippen molar-refractivity contribution in [2.24, 2.45) is 5.73 Å². The van der Waals surface area contributed by atoms with Crippen LogP contribution in [0.2, 0.25) is 10.0 Å². The van der Waals surface area contributed by atoms with Gasteiger partial charge in [0.25, 0.3) is 0 Å².